The maximum Gasteiger partial charge on any atom is 0.157 e. The van der Waals surface area contributed by atoms with Crippen LogP contribution in [0.4, 0.5) is 0 Å². The summed E-state index contributed by atoms with van der Waals surface area (Å²) < 4.78 is 11.9. The van der Waals surface area contributed by atoms with Gasteiger partial charge in [-0.25, -0.2) is 0 Å². The number of ether oxygens (including phenoxy) is 2. The first-order valence-electron chi connectivity index (χ1n) is 10.9. The van der Waals surface area contributed by atoms with Crippen molar-refractivity contribution < 1.29 is 14.6 Å². The van der Waals surface area contributed by atoms with E-state index < -0.39 is 11.5 Å². The molecule has 2 atom stereocenters. The maximum absolute atomic E-state index is 11.8. The second-order valence-electron chi connectivity index (χ2n) is 7.93. The second-order valence-corrected chi connectivity index (χ2v) is 7.93. The van der Waals surface area contributed by atoms with E-state index in [0.717, 1.165) is 42.6 Å². The van der Waals surface area contributed by atoms with E-state index in [4.69, 9.17) is 9.47 Å². The summed E-state index contributed by atoms with van der Waals surface area (Å²) >= 11 is 0. The third-order valence-electron chi connectivity index (χ3n) is 6.10. The predicted octanol–water partition coefficient (Wildman–Crippen LogP) is 5.64. The summed E-state index contributed by atoms with van der Waals surface area (Å²) in [5.74, 6) is 0. The van der Waals surface area contributed by atoms with Gasteiger partial charge in [-0.1, -0.05) is 91.0 Å². The molecule has 1 N–H and O–H groups in total. The van der Waals surface area contributed by atoms with Crippen molar-refractivity contribution in [2.75, 3.05) is 13.2 Å². The van der Waals surface area contributed by atoms with Gasteiger partial charge in [0.2, 0.25) is 0 Å². The van der Waals surface area contributed by atoms with Gasteiger partial charge in [0.25, 0.3) is 0 Å². The van der Waals surface area contributed by atoms with Crippen LogP contribution in [-0.2, 0) is 14.9 Å². The van der Waals surface area contributed by atoms with Gasteiger partial charge in [-0.2, -0.15) is 0 Å². The van der Waals surface area contributed by atoms with Crippen molar-refractivity contribution in [3.63, 3.8) is 0 Å². The standard InChI is InChI=1S/C27H30O3/c28-26(22-12-4-1-5-13-22)27(23-14-6-2-7-15-23,24-16-8-3-9-17-24)19-21-30-25-18-10-11-20-29-25/h1-9,12-17,25-26,28H,10-11,18-21H2. The van der Waals surface area contributed by atoms with Gasteiger partial charge in [0.15, 0.2) is 6.29 Å². The minimum Gasteiger partial charge on any atom is -0.387 e. The highest BCUT2D eigenvalue weighted by Crippen LogP contribution is 2.46. The summed E-state index contributed by atoms with van der Waals surface area (Å²) in [6.07, 6.45) is 2.97. The van der Waals surface area contributed by atoms with Crippen molar-refractivity contribution in [1.29, 1.82) is 0 Å². The molecule has 0 radical (unpaired) electrons. The van der Waals surface area contributed by atoms with E-state index in [1.807, 2.05) is 66.7 Å². The first-order chi connectivity index (χ1) is 14.8. The van der Waals surface area contributed by atoms with Crippen molar-refractivity contribution in [1.82, 2.24) is 0 Å². The smallest absolute Gasteiger partial charge is 0.157 e. The lowest BCUT2D eigenvalue weighted by atomic mass is 9.66. The van der Waals surface area contributed by atoms with E-state index in [1.54, 1.807) is 0 Å². The Morgan fingerprint density at radius 3 is 1.93 bits per heavy atom. The van der Waals surface area contributed by atoms with Crippen molar-refractivity contribution >= 4 is 0 Å². The van der Waals surface area contributed by atoms with Gasteiger partial charge in [-0.15, -0.1) is 0 Å². The van der Waals surface area contributed by atoms with Gasteiger partial charge in [0, 0.05) is 6.61 Å². The highest BCUT2D eigenvalue weighted by Gasteiger charge is 2.42. The van der Waals surface area contributed by atoms with E-state index in [-0.39, 0.29) is 6.29 Å². The summed E-state index contributed by atoms with van der Waals surface area (Å²) in [5.41, 5.74) is 2.44. The Hall–Kier alpha value is -2.46. The molecule has 3 heteroatoms. The molecule has 0 aliphatic carbocycles. The number of hydrogen-bond donors (Lipinski definition) is 1. The Morgan fingerprint density at radius 2 is 1.40 bits per heavy atom. The van der Waals surface area contributed by atoms with Crippen LogP contribution in [0.3, 0.4) is 0 Å². The zero-order chi connectivity index (χ0) is 20.7. The first kappa shape index (κ1) is 20.8. The van der Waals surface area contributed by atoms with Crippen LogP contribution < -0.4 is 0 Å². The highest BCUT2D eigenvalue weighted by atomic mass is 16.7. The molecule has 0 aromatic heterocycles. The van der Waals surface area contributed by atoms with Crippen LogP contribution in [0, 0.1) is 0 Å². The van der Waals surface area contributed by atoms with Crippen LogP contribution in [-0.4, -0.2) is 24.6 Å². The molecule has 1 fully saturated rings. The molecule has 156 valence electrons. The van der Waals surface area contributed by atoms with Gasteiger partial charge in [-0.3, -0.25) is 0 Å². The molecule has 4 rings (SSSR count). The van der Waals surface area contributed by atoms with Crippen LogP contribution >= 0.6 is 0 Å². The number of benzene rings is 3. The molecule has 1 heterocycles. The van der Waals surface area contributed by atoms with Crippen molar-refractivity contribution in [3.8, 4) is 0 Å². The lowest BCUT2D eigenvalue weighted by molar-refractivity contribution is -0.165. The van der Waals surface area contributed by atoms with Gasteiger partial charge in [0.1, 0.15) is 0 Å². The third kappa shape index (κ3) is 4.49. The number of aliphatic hydroxyl groups is 1. The van der Waals surface area contributed by atoms with Gasteiger partial charge < -0.3 is 14.6 Å². The summed E-state index contributed by atoms with van der Waals surface area (Å²) in [6.45, 7) is 1.28. The zero-order valence-electron chi connectivity index (χ0n) is 17.3. The summed E-state index contributed by atoms with van der Waals surface area (Å²) in [5, 5.41) is 11.8. The molecular weight excluding hydrogens is 372 g/mol. The molecule has 0 saturated carbocycles. The maximum atomic E-state index is 11.8. The average Bonchev–Trinajstić information content (AvgIpc) is 2.84. The molecule has 0 spiro atoms. The molecule has 1 aliphatic rings. The molecule has 2 unspecified atom stereocenters. The van der Waals surface area contributed by atoms with Crippen molar-refractivity contribution in [2.24, 2.45) is 0 Å². The van der Waals surface area contributed by atoms with Crippen molar-refractivity contribution in [3.05, 3.63) is 108 Å². The summed E-state index contributed by atoms with van der Waals surface area (Å²) in [7, 11) is 0. The molecular formula is C27H30O3. The van der Waals surface area contributed by atoms with Crippen LogP contribution in [0.1, 0.15) is 48.5 Å². The largest absolute Gasteiger partial charge is 0.387 e. The SMILES string of the molecule is OC(c1ccccc1)C(CCOC1CCCCO1)(c1ccccc1)c1ccccc1. The van der Waals surface area contributed by atoms with E-state index in [0.29, 0.717) is 13.0 Å². The Labute approximate surface area is 179 Å². The minimum absolute atomic E-state index is 0.142. The lowest BCUT2D eigenvalue weighted by Crippen LogP contribution is -2.37. The molecule has 3 aromatic carbocycles. The third-order valence-corrected chi connectivity index (χ3v) is 6.10. The Kier molecular flexibility index (Phi) is 6.96. The number of hydrogen-bond acceptors (Lipinski definition) is 3. The van der Waals surface area contributed by atoms with E-state index in [1.165, 1.54) is 0 Å². The molecule has 0 amide bonds. The Balaban J connectivity index is 1.73. The normalized spacial score (nSPS) is 18.1. The van der Waals surface area contributed by atoms with E-state index in [2.05, 4.69) is 24.3 Å². The van der Waals surface area contributed by atoms with Crippen LogP contribution in [0.2, 0.25) is 0 Å². The predicted molar refractivity (Wildman–Crippen MR) is 119 cm³/mol. The average molecular weight is 403 g/mol. The first-order valence-corrected chi connectivity index (χ1v) is 10.9. The number of rotatable bonds is 8. The summed E-state index contributed by atoms with van der Waals surface area (Å²) in [6, 6.07) is 30.5. The quantitative estimate of drug-likeness (QED) is 0.530. The van der Waals surface area contributed by atoms with Crippen LogP contribution in [0.25, 0.3) is 0 Å². The molecule has 1 saturated heterocycles. The van der Waals surface area contributed by atoms with Gasteiger partial charge in [0.05, 0.1) is 18.1 Å². The second kappa shape index (κ2) is 10.0. The molecule has 3 aromatic rings. The van der Waals surface area contributed by atoms with Gasteiger partial charge >= 0.3 is 0 Å². The molecule has 0 bridgehead atoms. The highest BCUT2D eigenvalue weighted by molar-refractivity contribution is 5.43. The minimum atomic E-state index is -0.709. The fourth-order valence-electron chi connectivity index (χ4n) is 4.49. The zero-order valence-corrected chi connectivity index (χ0v) is 17.3. The van der Waals surface area contributed by atoms with Crippen LogP contribution in [0.15, 0.2) is 91.0 Å². The monoisotopic (exact) mass is 402 g/mol. The molecule has 1 aliphatic heterocycles. The lowest BCUT2D eigenvalue weighted by Gasteiger charge is -2.40. The summed E-state index contributed by atoms with van der Waals surface area (Å²) in [4.78, 5) is 0. The Bertz CT molecular complexity index is 834. The van der Waals surface area contributed by atoms with Gasteiger partial charge in [-0.05, 0) is 42.4 Å². The molecule has 30 heavy (non-hydrogen) atoms. The molecule has 3 nitrogen and oxygen atoms in total. The Morgan fingerprint density at radius 1 is 0.833 bits per heavy atom. The topological polar surface area (TPSA) is 38.7 Å². The van der Waals surface area contributed by atoms with Crippen molar-refractivity contribution in [2.45, 2.75) is 43.5 Å². The fraction of sp³-hybridized carbons (Fsp3) is 0.333. The van der Waals surface area contributed by atoms with E-state index >= 15 is 0 Å². The number of aliphatic hydroxyl groups excluding tert-OH is 1. The van der Waals surface area contributed by atoms with Crippen LogP contribution in [0.5, 0.6) is 0 Å². The fourth-order valence-corrected chi connectivity index (χ4v) is 4.49. The van der Waals surface area contributed by atoms with E-state index in [9.17, 15) is 5.11 Å².